The number of thiophene rings is 2. The second-order valence-electron chi connectivity index (χ2n) is 10.3. The summed E-state index contributed by atoms with van der Waals surface area (Å²) in [4.78, 5) is 93.4. The van der Waals surface area contributed by atoms with E-state index in [1.54, 1.807) is 10.8 Å². The molecule has 20 heteroatoms. The molecule has 48 heavy (non-hydrogen) atoms. The molecule has 4 heterocycles. The SMILES string of the molecule is Cc1cn(C[C@H](N)C(=O)O)c(=O)n(Cc2ccsc2C(=O)O)c1=O.Cc1cn(C[C@H](N)C(=O)O)c(=O)n(Cc2ccsc2C(=O)O)c1=O. The van der Waals surface area contributed by atoms with Crippen LogP contribution in [0.4, 0.5) is 0 Å². The monoisotopic (exact) mass is 706 g/mol. The van der Waals surface area contributed by atoms with Gasteiger partial charge in [-0.3, -0.25) is 37.4 Å². The van der Waals surface area contributed by atoms with Crippen molar-refractivity contribution in [2.24, 2.45) is 11.5 Å². The molecule has 0 aliphatic rings. The maximum absolute atomic E-state index is 12.4. The summed E-state index contributed by atoms with van der Waals surface area (Å²) in [6, 6.07) is 0.443. The van der Waals surface area contributed by atoms with Crippen molar-refractivity contribution in [1.82, 2.24) is 18.3 Å². The van der Waals surface area contributed by atoms with Gasteiger partial charge in [-0.2, -0.15) is 0 Å². The Labute approximate surface area is 276 Å². The summed E-state index contributed by atoms with van der Waals surface area (Å²) >= 11 is 1.98. The van der Waals surface area contributed by atoms with Crippen molar-refractivity contribution >= 4 is 46.6 Å². The van der Waals surface area contributed by atoms with Gasteiger partial charge in [0.05, 0.1) is 26.2 Å². The number of carbonyl (C=O) groups is 4. The van der Waals surface area contributed by atoms with E-state index in [0.717, 1.165) is 40.9 Å². The summed E-state index contributed by atoms with van der Waals surface area (Å²) in [6.07, 6.45) is 2.49. The van der Waals surface area contributed by atoms with Gasteiger partial charge in [0.25, 0.3) is 11.1 Å². The Balaban J connectivity index is 0.000000260. The third-order valence-corrected chi connectivity index (χ3v) is 8.67. The number of aromatic nitrogens is 4. The van der Waals surface area contributed by atoms with Gasteiger partial charge in [-0.1, -0.05) is 0 Å². The number of nitrogens with two attached hydrogens (primary N) is 2. The number of carboxylic acids is 4. The molecule has 0 saturated carbocycles. The van der Waals surface area contributed by atoms with Crippen LogP contribution in [0.15, 0.2) is 54.5 Å². The van der Waals surface area contributed by atoms with Crippen LogP contribution in [0.3, 0.4) is 0 Å². The maximum atomic E-state index is 12.4. The Morgan fingerprint density at radius 2 is 1.00 bits per heavy atom. The molecule has 4 rings (SSSR count). The van der Waals surface area contributed by atoms with E-state index in [1.807, 2.05) is 0 Å². The van der Waals surface area contributed by atoms with Gasteiger partial charge in [-0.25, -0.2) is 19.2 Å². The molecular formula is C28H30N6O12S2. The van der Waals surface area contributed by atoms with Crippen LogP contribution >= 0.6 is 22.7 Å². The molecule has 2 atom stereocenters. The first-order valence-corrected chi connectivity index (χ1v) is 15.4. The average Bonchev–Trinajstić information content (AvgIpc) is 3.69. The Kier molecular flexibility index (Phi) is 11.9. The van der Waals surface area contributed by atoms with E-state index < -0.39 is 58.5 Å². The second-order valence-corrected chi connectivity index (χ2v) is 12.2. The highest BCUT2D eigenvalue weighted by Crippen LogP contribution is 2.18. The van der Waals surface area contributed by atoms with Crippen LogP contribution in [0.2, 0.25) is 0 Å². The number of carboxylic acid groups (broad SMARTS) is 4. The van der Waals surface area contributed by atoms with Crippen LogP contribution in [0.25, 0.3) is 0 Å². The molecule has 4 aromatic heterocycles. The van der Waals surface area contributed by atoms with Crippen molar-refractivity contribution in [2.45, 2.75) is 52.1 Å². The number of aromatic carboxylic acids is 2. The van der Waals surface area contributed by atoms with E-state index in [2.05, 4.69) is 0 Å². The Hall–Kier alpha value is -5.44. The molecule has 4 aromatic rings. The normalized spacial score (nSPS) is 12.1. The second kappa shape index (κ2) is 15.4. The summed E-state index contributed by atoms with van der Waals surface area (Å²) in [6.45, 7) is 1.93. The fraction of sp³-hybridized carbons (Fsp3) is 0.286. The summed E-state index contributed by atoms with van der Waals surface area (Å²) in [5.74, 6) is -4.84. The van der Waals surface area contributed by atoms with Gasteiger partial charge in [0.2, 0.25) is 0 Å². The number of nitrogens with zero attached hydrogens (tertiary/aromatic N) is 4. The summed E-state index contributed by atoms with van der Waals surface area (Å²) in [5.41, 5.74) is 9.33. The van der Waals surface area contributed by atoms with E-state index in [1.165, 1.54) is 38.4 Å². The molecule has 0 amide bonds. The Morgan fingerprint density at radius 1 is 0.667 bits per heavy atom. The molecule has 0 spiro atoms. The highest BCUT2D eigenvalue weighted by molar-refractivity contribution is 7.12. The lowest BCUT2D eigenvalue weighted by atomic mass is 10.2. The molecule has 256 valence electrons. The van der Waals surface area contributed by atoms with Gasteiger partial charge in [-0.05, 0) is 47.9 Å². The van der Waals surface area contributed by atoms with Gasteiger partial charge in [-0.15, -0.1) is 22.7 Å². The zero-order valence-corrected chi connectivity index (χ0v) is 26.9. The van der Waals surface area contributed by atoms with Crippen LogP contribution in [0.1, 0.15) is 41.6 Å². The highest BCUT2D eigenvalue weighted by atomic mass is 32.1. The zero-order chi connectivity index (χ0) is 36.0. The summed E-state index contributed by atoms with van der Waals surface area (Å²) < 4.78 is 3.83. The predicted molar refractivity (Wildman–Crippen MR) is 171 cm³/mol. The largest absolute Gasteiger partial charge is 0.480 e. The van der Waals surface area contributed by atoms with Crippen LogP contribution in [0.5, 0.6) is 0 Å². The minimum Gasteiger partial charge on any atom is -0.480 e. The van der Waals surface area contributed by atoms with E-state index in [4.69, 9.17) is 31.9 Å². The topological polar surface area (TPSA) is 289 Å². The van der Waals surface area contributed by atoms with Crippen molar-refractivity contribution in [3.63, 3.8) is 0 Å². The minimum atomic E-state index is -1.30. The third kappa shape index (κ3) is 8.47. The molecule has 8 N–H and O–H groups in total. The molecule has 18 nitrogen and oxygen atoms in total. The predicted octanol–water partition coefficient (Wildman–Crippen LogP) is -0.923. The van der Waals surface area contributed by atoms with E-state index in [-0.39, 0.29) is 47.1 Å². The van der Waals surface area contributed by atoms with Crippen molar-refractivity contribution in [2.75, 3.05) is 0 Å². The number of hydrogen-bond donors (Lipinski definition) is 6. The van der Waals surface area contributed by atoms with E-state index >= 15 is 0 Å². The standard InChI is InChI=1S/2C14H15N3O6S/c2*1-7-4-16(6-9(15)12(19)20)14(23)17(11(7)18)5-8-2-3-24-10(8)13(21)22/h2*2-4,9H,5-6,15H2,1H3,(H,19,20)(H,21,22)/t2*9-/m00/s1. The lowest BCUT2D eigenvalue weighted by Gasteiger charge is -2.13. The van der Waals surface area contributed by atoms with Gasteiger partial charge < -0.3 is 31.9 Å². The quantitative estimate of drug-likeness (QED) is 0.104. The molecule has 0 aliphatic carbocycles. The zero-order valence-electron chi connectivity index (χ0n) is 25.3. The number of aryl methyl sites for hydroxylation is 2. The maximum Gasteiger partial charge on any atom is 0.346 e. The fourth-order valence-electron chi connectivity index (χ4n) is 4.35. The molecule has 0 aliphatic heterocycles. The summed E-state index contributed by atoms with van der Waals surface area (Å²) in [5, 5.41) is 39.1. The smallest absolute Gasteiger partial charge is 0.346 e. The van der Waals surface area contributed by atoms with Gasteiger partial charge in [0.1, 0.15) is 21.8 Å². The van der Waals surface area contributed by atoms with Crippen molar-refractivity contribution < 1.29 is 39.6 Å². The van der Waals surface area contributed by atoms with Gasteiger partial charge in [0.15, 0.2) is 0 Å². The summed E-state index contributed by atoms with van der Waals surface area (Å²) in [7, 11) is 0. The first-order valence-electron chi connectivity index (χ1n) is 13.6. The third-order valence-electron chi connectivity index (χ3n) is 6.78. The van der Waals surface area contributed by atoms with Crippen LogP contribution in [-0.2, 0) is 35.8 Å². The number of hydrogen-bond acceptors (Lipinski definition) is 12. The van der Waals surface area contributed by atoms with Gasteiger partial charge in [0, 0.05) is 23.5 Å². The van der Waals surface area contributed by atoms with Crippen molar-refractivity contribution in [1.29, 1.82) is 0 Å². The first kappa shape index (κ1) is 37.0. The van der Waals surface area contributed by atoms with Crippen LogP contribution in [0, 0.1) is 13.8 Å². The molecular weight excluding hydrogens is 676 g/mol. The van der Waals surface area contributed by atoms with Gasteiger partial charge >= 0.3 is 35.3 Å². The lowest BCUT2D eigenvalue weighted by molar-refractivity contribution is -0.139. The number of aliphatic carboxylic acids is 2. The molecule has 0 fully saturated rings. The average molecular weight is 707 g/mol. The Bertz CT molecular complexity index is 1970. The number of rotatable bonds is 12. The van der Waals surface area contributed by atoms with Crippen molar-refractivity contribution in [3.05, 3.63) is 109 Å². The lowest BCUT2D eigenvalue weighted by Crippen LogP contribution is -2.45. The fourth-order valence-corrected chi connectivity index (χ4v) is 5.86. The minimum absolute atomic E-state index is 0.0385. The molecule has 0 unspecified atom stereocenters. The molecule has 0 saturated heterocycles. The highest BCUT2D eigenvalue weighted by Gasteiger charge is 2.20. The van der Waals surface area contributed by atoms with E-state index in [9.17, 15) is 38.4 Å². The van der Waals surface area contributed by atoms with E-state index in [0.29, 0.717) is 11.1 Å². The van der Waals surface area contributed by atoms with Crippen LogP contribution < -0.4 is 34.0 Å². The molecule has 0 radical (unpaired) electrons. The van der Waals surface area contributed by atoms with Crippen molar-refractivity contribution in [3.8, 4) is 0 Å². The molecule has 0 bridgehead atoms. The first-order chi connectivity index (χ1) is 22.4. The Morgan fingerprint density at radius 3 is 1.29 bits per heavy atom. The molecule has 0 aromatic carbocycles. The van der Waals surface area contributed by atoms with Crippen LogP contribution in [-0.4, -0.2) is 74.7 Å².